The first-order chi connectivity index (χ1) is 9.62. The first-order valence-corrected chi connectivity index (χ1v) is 7.88. The third kappa shape index (κ3) is 2.95. The van der Waals surface area contributed by atoms with E-state index in [1.54, 1.807) is 0 Å². The van der Waals surface area contributed by atoms with Crippen LogP contribution in [0.4, 0.5) is 0 Å². The van der Waals surface area contributed by atoms with Crippen LogP contribution in [0.1, 0.15) is 38.6 Å². The van der Waals surface area contributed by atoms with E-state index in [1.165, 1.54) is 18.9 Å². The number of ether oxygens (including phenoxy) is 1. The van der Waals surface area contributed by atoms with Crippen LogP contribution in [0.3, 0.4) is 0 Å². The van der Waals surface area contributed by atoms with E-state index in [2.05, 4.69) is 20.8 Å². The van der Waals surface area contributed by atoms with Crippen LogP contribution in [0.25, 0.3) is 0 Å². The number of hydrogen-bond donors (Lipinski definition) is 1. The van der Waals surface area contributed by atoms with Crippen molar-refractivity contribution in [3.8, 4) is 0 Å². The van der Waals surface area contributed by atoms with Gasteiger partial charge in [0.25, 0.3) is 0 Å². The fourth-order valence-electron chi connectivity index (χ4n) is 2.10. The molecule has 0 saturated heterocycles. The zero-order valence-corrected chi connectivity index (χ0v) is 12.5. The van der Waals surface area contributed by atoms with Gasteiger partial charge in [0.2, 0.25) is 5.16 Å². The summed E-state index contributed by atoms with van der Waals surface area (Å²) in [7, 11) is 1.42. The first kappa shape index (κ1) is 13.8. The van der Waals surface area contributed by atoms with Crippen LogP contribution in [0.15, 0.2) is 5.16 Å². The smallest absolute Gasteiger partial charge is 0.326 e. The van der Waals surface area contributed by atoms with E-state index in [9.17, 15) is 4.79 Å². The molecule has 110 valence electrons. The van der Waals surface area contributed by atoms with Crippen molar-refractivity contribution in [3.05, 3.63) is 0 Å². The third-order valence-corrected chi connectivity index (χ3v) is 4.83. The lowest BCUT2D eigenvalue weighted by Crippen LogP contribution is -2.53. The second-order valence-electron chi connectivity index (χ2n) is 5.67. The number of nitrogens with zero attached hydrogens (tertiary/aromatic N) is 4. The summed E-state index contributed by atoms with van der Waals surface area (Å²) < 4.78 is 6.79. The predicted octanol–water partition coefficient (Wildman–Crippen LogP) is 0.784. The average Bonchev–Trinajstić information content (AvgIpc) is 3.37. The molecule has 1 heterocycles. The summed E-state index contributed by atoms with van der Waals surface area (Å²) in [5, 5.41) is 15.9. The van der Waals surface area contributed by atoms with E-state index < -0.39 is 5.54 Å². The predicted molar refractivity (Wildman–Crippen MR) is 73.4 cm³/mol. The monoisotopic (exact) mass is 297 g/mol. The molecular weight excluding hydrogens is 278 g/mol. The lowest BCUT2D eigenvalue weighted by atomic mass is 10.1. The number of nitrogens with one attached hydrogen (secondary N) is 1. The largest absolute Gasteiger partial charge is 0.468 e. The van der Waals surface area contributed by atoms with Gasteiger partial charge in [-0.2, -0.15) is 0 Å². The standard InChI is InChI=1S/C12H19N5O2S/c1-12(10(18)19-2,13-8-3-4-8)7-20-11-14-15-16-17(11)9-5-6-9/h8-9,13H,3-7H2,1-2H3. The number of methoxy groups -OCH3 is 1. The molecule has 0 radical (unpaired) electrons. The maximum atomic E-state index is 12.0. The fraction of sp³-hybridized carbons (Fsp3) is 0.833. The Bertz CT molecular complexity index is 500. The molecule has 2 saturated carbocycles. The molecule has 20 heavy (non-hydrogen) atoms. The Morgan fingerprint density at radius 1 is 1.50 bits per heavy atom. The minimum Gasteiger partial charge on any atom is -0.468 e. The number of esters is 1. The van der Waals surface area contributed by atoms with E-state index in [0.29, 0.717) is 17.8 Å². The second-order valence-corrected chi connectivity index (χ2v) is 6.61. The van der Waals surface area contributed by atoms with Crippen LogP contribution in [0, 0.1) is 0 Å². The van der Waals surface area contributed by atoms with E-state index in [1.807, 2.05) is 11.6 Å². The first-order valence-electron chi connectivity index (χ1n) is 6.89. The van der Waals surface area contributed by atoms with Crippen LogP contribution in [0.5, 0.6) is 0 Å². The Labute approximate surface area is 121 Å². The van der Waals surface area contributed by atoms with Gasteiger partial charge in [-0.05, 0) is 43.0 Å². The molecule has 0 aliphatic heterocycles. The van der Waals surface area contributed by atoms with Gasteiger partial charge in [-0.1, -0.05) is 11.8 Å². The molecule has 1 N–H and O–H groups in total. The van der Waals surface area contributed by atoms with Gasteiger partial charge in [0.1, 0.15) is 5.54 Å². The lowest BCUT2D eigenvalue weighted by molar-refractivity contribution is -0.147. The molecule has 1 aromatic rings. The molecule has 8 heteroatoms. The number of rotatable bonds is 7. The molecule has 1 unspecified atom stereocenters. The van der Waals surface area contributed by atoms with Crippen molar-refractivity contribution in [2.24, 2.45) is 0 Å². The average molecular weight is 297 g/mol. The molecule has 1 aromatic heterocycles. The number of tetrazole rings is 1. The molecule has 3 rings (SSSR count). The minimum absolute atomic E-state index is 0.234. The maximum Gasteiger partial charge on any atom is 0.326 e. The Kier molecular flexibility index (Phi) is 3.68. The summed E-state index contributed by atoms with van der Waals surface area (Å²) >= 11 is 1.51. The Morgan fingerprint density at radius 2 is 2.25 bits per heavy atom. The second kappa shape index (κ2) is 5.33. The van der Waals surface area contributed by atoms with E-state index in [0.717, 1.165) is 30.8 Å². The van der Waals surface area contributed by atoms with E-state index >= 15 is 0 Å². The van der Waals surface area contributed by atoms with Crippen molar-refractivity contribution in [2.75, 3.05) is 12.9 Å². The van der Waals surface area contributed by atoms with Crippen LogP contribution in [-0.2, 0) is 9.53 Å². The summed E-state index contributed by atoms with van der Waals surface area (Å²) in [6.45, 7) is 1.88. The number of hydrogen-bond acceptors (Lipinski definition) is 7. The highest BCUT2D eigenvalue weighted by Crippen LogP contribution is 2.37. The molecule has 2 fully saturated rings. The summed E-state index contributed by atoms with van der Waals surface area (Å²) in [6, 6.07) is 0.868. The van der Waals surface area contributed by atoms with Crippen molar-refractivity contribution in [2.45, 2.75) is 55.4 Å². The van der Waals surface area contributed by atoms with Gasteiger partial charge >= 0.3 is 5.97 Å². The van der Waals surface area contributed by atoms with Crippen LogP contribution in [-0.4, -0.2) is 50.6 Å². The number of carbonyl (C=O) groups excluding carboxylic acids is 1. The highest BCUT2D eigenvalue weighted by Gasteiger charge is 2.40. The zero-order chi connectivity index (χ0) is 14.2. The minimum atomic E-state index is -0.694. The summed E-state index contributed by atoms with van der Waals surface area (Å²) in [4.78, 5) is 12.0. The van der Waals surface area contributed by atoms with Crippen LogP contribution in [0.2, 0.25) is 0 Å². The fourth-order valence-corrected chi connectivity index (χ4v) is 3.13. The maximum absolute atomic E-state index is 12.0. The highest BCUT2D eigenvalue weighted by atomic mass is 32.2. The molecule has 7 nitrogen and oxygen atoms in total. The Balaban J connectivity index is 1.66. The Morgan fingerprint density at radius 3 is 2.85 bits per heavy atom. The van der Waals surface area contributed by atoms with E-state index in [4.69, 9.17) is 4.74 Å². The van der Waals surface area contributed by atoms with Gasteiger partial charge in [-0.15, -0.1) is 5.10 Å². The van der Waals surface area contributed by atoms with Crippen LogP contribution >= 0.6 is 11.8 Å². The van der Waals surface area contributed by atoms with Crippen molar-refractivity contribution in [1.29, 1.82) is 0 Å². The molecule has 2 aliphatic rings. The lowest BCUT2D eigenvalue weighted by Gasteiger charge is -2.27. The van der Waals surface area contributed by atoms with E-state index in [-0.39, 0.29) is 5.97 Å². The number of carbonyl (C=O) groups is 1. The van der Waals surface area contributed by atoms with Gasteiger partial charge in [0.05, 0.1) is 13.2 Å². The molecule has 1 atom stereocenters. The third-order valence-electron chi connectivity index (χ3n) is 3.58. The number of thioether (sulfide) groups is 1. The zero-order valence-electron chi connectivity index (χ0n) is 11.7. The van der Waals surface area contributed by atoms with Gasteiger partial charge in [-0.3, -0.25) is 10.1 Å². The summed E-state index contributed by atoms with van der Waals surface area (Å²) in [5.41, 5.74) is -0.694. The molecule has 0 bridgehead atoms. The Hall–Kier alpha value is -1.15. The number of aromatic nitrogens is 4. The van der Waals surface area contributed by atoms with Crippen molar-refractivity contribution >= 4 is 17.7 Å². The van der Waals surface area contributed by atoms with Gasteiger partial charge in [0.15, 0.2) is 0 Å². The molecular formula is C12H19N5O2S. The van der Waals surface area contributed by atoms with Gasteiger partial charge < -0.3 is 4.74 Å². The highest BCUT2D eigenvalue weighted by molar-refractivity contribution is 7.99. The van der Waals surface area contributed by atoms with Crippen molar-refractivity contribution < 1.29 is 9.53 Å². The summed E-state index contributed by atoms with van der Waals surface area (Å²) in [6.07, 6.45) is 4.51. The molecule has 0 amide bonds. The quantitative estimate of drug-likeness (QED) is 0.588. The molecule has 0 aromatic carbocycles. The van der Waals surface area contributed by atoms with Gasteiger partial charge in [0, 0.05) is 11.8 Å². The topological polar surface area (TPSA) is 81.9 Å². The van der Waals surface area contributed by atoms with Gasteiger partial charge in [-0.25, -0.2) is 4.68 Å². The van der Waals surface area contributed by atoms with Crippen molar-refractivity contribution in [1.82, 2.24) is 25.5 Å². The SMILES string of the molecule is COC(=O)C(C)(CSc1nnnn1C1CC1)NC1CC1. The van der Waals surface area contributed by atoms with Crippen LogP contribution < -0.4 is 5.32 Å². The summed E-state index contributed by atoms with van der Waals surface area (Å²) in [5.74, 6) is 0.325. The molecule has 2 aliphatic carbocycles. The molecule has 0 spiro atoms. The normalized spacial score (nSPS) is 21.5. The van der Waals surface area contributed by atoms with Crippen molar-refractivity contribution in [3.63, 3.8) is 0 Å².